The maximum Gasteiger partial charge on any atom is 0.255 e. The van der Waals surface area contributed by atoms with Crippen molar-refractivity contribution in [1.29, 1.82) is 0 Å². The van der Waals surface area contributed by atoms with Gasteiger partial charge in [0.15, 0.2) is 0 Å². The molecule has 0 bridgehead atoms. The Hall–Kier alpha value is -1.10. The number of halogens is 3. The summed E-state index contributed by atoms with van der Waals surface area (Å²) in [6.07, 6.45) is 1.49. The number of anilines is 1. The largest absolute Gasteiger partial charge is 0.321 e. The number of aryl methyl sites for hydroxylation is 1. The molecule has 1 aromatic carbocycles. The number of nitrogens with zero attached hydrogens (tertiary/aromatic N) is 1. The normalized spacial score (nSPS) is 10.3. The minimum Gasteiger partial charge on any atom is -0.321 e. The zero-order valence-corrected chi connectivity index (χ0v) is 13.0. The van der Waals surface area contributed by atoms with E-state index in [0.29, 0.717) is 25.9 Å². The Kier molecular flexibility index (Phi) is 4.45. The van der Waals surface area contributed by atoms with Gasteiger partial charge in [-0.25, -0.2) is 4.98 Å². The van der Waals surface area contributed by atoms with Gasteiger partial charge >= 0.3 is 0 Å². The van der Waals surface area contributed by atoms with Crippen LogP contribution in [0.5, 0.6) is 0 Å². The van der Waals surface area contributed by atoms with E-state index in [2.05, 4.69) is 26.2 Å². The maximum atomic E-state index is 12.0. The minimum atomic E-state index is -0.226. The van der Waals surface area contributed by atoms with Crippen molar-refractivity contribution >= 4 is 50.7 Å². The van der Waals surface area contributed by atoms with Crippen molar-refractivity contribution in [2.75, 3.05) is 5.32 Å². The first-order chi connectivity index (χ1) is 8.97. The molecular weight excluding hydrogens is 351 g/mol. The van der Waals surface area contributed by atoms with E-state index in [1.807, 2.05) is 6.92 Å². The van der Waals surface area contributed by atoms with Gasteiger partial charge in [0.25, 0.3) is 5.91 Å². The van der Waals surface area contributed by atoms with Gasteiger partial charge < -0.3 is 5.32 Å². The summed E-state index contributed by atoms with van der Waals surface area (Å²) in [5, 5.41) is 3.72. The second-order valence-electron chi connectivity index (χ2n) is 3.91. The van der Waals surface area contributed by atoms with Gasteiger partial charge in [0.05, 0.1) is 16.4 Å². The predicted octanol–water partition coefficient (Wildman–Crippen LogP) is 4.71. The number of rotatable bonds is 2. The van der Waals surface area contributed by atoms with Gasteiger partial charge in [-0.15, -0.1) is 0 Å². The summed E-state index contributed by atoms with van der Waals surface area (Å²) in [5.41, 5.74) is 1.95. The summed E-state index contributed by atoms with van der Waals surface area (Å²) < 4.78 is 0.624. The Labute approximate surface area is 129 Å². The highest BCUT2D eigenvalue weighted by Gasteiger charge is 2.09. The first kappa shape index (κ1) is 14.3. The lowest BCUT2D eigenvalue weighted by Gasteiger charge is -2.07. The summed E-state index contributed by atoms with van der Waals surface area (Å²) >= 11 is 15.0. The first-order valence-electron chi connectivity index (χ1n) is 5.36. The number of benzene rings is 1. The number of aromatic nitrogens is 1. The number of hydrogen-bond donors (Lipinski definition) is 1. The van der Waals surface area contributed by atoms with Crippen LogP contribution in [0.2, 0.25) is 10.2 Å². The fourth-order valence-electron chi connectivity index (χ4n) is 1.48. The van der Waals surface area contributed by atoms with Crippen LogP contribution in [-0.2, 0) is 0 Å². The summed E-state index contributed by atoms with van der Waals surface area (Å²) in [5.74, 6) is -0.226. The van der Waals surface area contributed by atoms with Crippen LogP contribution in [0.1, 0.15) is 15.9 Å². The predicted molar refractivity (Wildman–Crippen MR) is 81.1 cm³/mol. The van der Waals surface area contributed by atoms with Crippen LogP contribution in [0.4, 0.5) is 5.69 Å². The monoisotopic (exact) mass is 358 g/mol. The van der Waals surface area contributed by atoms with Gasteiger partial charge in [0, 0.05) is 10.6 Å². The molecule has 0 aliphatic heterocycles. The van der Waals surface area contributed by atoms with Gasteiger partial charge in [-0.1, -0.05) is 23.2 Å². The summed E-state index contributed by atoms with van der Waals surface area (Å²) in [4.78, 5) is 16.0. The fraction of sp³-hybridized carbons (Fsp3) is 0.0769. The van der Waals surface area contributed by atoms with Crippen molar-refractivity contribution in [2.45, 2.75) is 6.92 Å². The average Bonchev–Trinajstić information content (AvgIpc) is 2.37. The molecule has 98 valence electrons. The number of carbonyl (C=O) groups excluding carboxylic acids is 1. The second-order valence-corrected chi connectivity index (χ2v) is 5.53. The molecule has 0 saturated heterocycles. The Morgan fingerprint density at radius 2 is 2.05 bits per heavy atom. The molecule has 1 amide bonds. The van der Waals surface area contributed by atoms with E-state index >= 15 is 0 Å². The highest BCUT2D eigenvalue weighted by molar-refractivity contribution is 9.10. The summed E-state index contributed by atoms with van der Waals surface area (Å²) in [6.45, 7) is 1.85. The number of hydrogen-bond acceptors (Lipinski definition) is 2. The smallest absolute Gasteiger partial charge is 0.255 e. The van der Waals surface area contributed by atoms with Crippen LogP contribution in [-0.4, -0.2) is 10.9 Å². The van der Waals surface area contributed by atoms with Crippen LogP contribution in [0.25, 0.3) is 0 Å². The molecule has 0 atom stereocenters. The molecule has 6 heteroatoms. The number of carbonyl (C=O) groups is 1. The van der Waals surface area contributed by atoms with Crippen molar-refractivity contribution in [3.8, 4) is 0 Å². The molecule has 0 unspecified atom stereocenters. The zero-order chi connectivity index (χ0) is 14.0. The van der Waals surface area contributed by atoms with E-state index in [9.17, 15) is 4.79 Å². The average molecular weight is 360 g/mol. The highest BCUT2D eigenvalue weighted by atomic mass is 79.9. The van der Waals surface area contributed by atoms with Gasteiger partial charge in [-0.3, -0.25) is 4.79 Å². The Morgan fingerprint density at radius 3 is 2.68 bits per heavy atom. The van der Waals surface area contributed by atoms with E-state index < -0.39 is 0 Å². The first-order valence-corrected chi connectivity index (χ1v) is 6.91. The lowest BCUT2D eigenvalue weighted by atomic mass is 10.1. The lowest BCUT2D eigenvalue weighted by Crippen LogP contribution is -2.12. The number of nitrogens with one attached hydrogen (secondary N) is 1. The van der Waals surface area contributed by atoms with Crippen molar-refractivity contribution in [3.05, 3.63) is 56.2 Å². The van der Waals surface area contributed by atoms with Crippen molar-refractivity contribution in [2.24, 2.45) is 0 Å². The van der Waals surface area contributed by atoms with Crippen LogP contribution in [0.3, 0.4) is 0 Å². The Bertz CT molecular complexity index is 647. The third-order valence-corrected chi connectivity index (χ3v) is 4.03. The molecule has 1 heterocycles. The summed E-state index contributed by atoms with van der Waals surface area (Å²) in [7, 11) is 0. The topological polar surface area (TPSA) is 42.0 Å². The Morgan fingerprint density at radius 1 is 1.32 bits per heavy atom. The summed E-state index contributed by atoms with van der Waals surface area (Å²) in [6, 6.07) is 6.79. The van der Waals surface area contributed by atoms with E-state index in [-0.39, 0.29) is 5.91 Å². The minimum absolute atomic E-state index is 0.226. The molecule has 0 fully saturated rings. The van der Waals surface area contributed by atoms with E-state index in [1.54, 1.807) is 24.3 Å². The molecule has 0 aliphatic rings. The van der Waals surface area contributed by atoms with Gasteiger partial charge in [-0.2, -0.15) is 0 Å². The van der Waals surface area contributed by atoms with Gasteiger partial charge in [0.1, 0.15) is 5.15 Å². The van der Waals surface area contributed by atoms with Crippen molar-refractivity contribution in [3.63, 3.8) is 0 Å². The molecule has 0 saturated carbocycles. The SMILES string of the molecule is Cc1cc(C(=O)Nc2cnc(Cl)c(Br)c2)ccc1Cl. The molecule has 0 aliphatic carbocycles. The van der Waals surface area contributed by atoms with Crippen LogP contribution >= 0.6 is 39.1 Å². The lowest BCUT2D eigenvalue weighted by molar-refractivity contribution is 0.102. The van der Waals surface area contributed by atoms with E-state index in [0.717, 1.165) is 5.56 Å². The molecule has 0 spiro atoms. The number of pyridine rings is 1. The molecule has 0 radical (unpaired) electrons. The molecule has 19 heavy (non-hydrogen) atoms. The molecule has 3 nitrogen and oxygen atoms in total. The second kappa shape index (κ2) is 5.90. The van der Waals surface area contributed by atoms with E-state index in [1.165, 1.54) is 6.20 Å². The Balaban J connectivity index is 2.20. The fourth-order valence-corrected chi connectivity index (χ4v) is 2.05. The standard InChI is InChI=1S/C13H9BrCl2N2O/c1-7-4-8(2-3-11(7)15)13(19)18-9-5-10(14)12(16)17-6-9/h2-6H,1H3,(H,18,19). The molecule has 1 aromatic heterocycles. The molecule has 1 N–H and O–H groups in total. The highest BCUT2D eigenvalue weighted by Crippen LogP contribution is 2.23. The van der Waals surface area contributed by atoms with Gasteiger partial charge in [-0.05, 0) is 52.7 Å². The van der Waals surface area contributed by atoms with Gasteiger partial charge in [0.2, 0.25) is 0 Å². The van der Waals surface area contributed by atoms with Crippen molar-refractivity contribution in [1.82, 2.24) is 4.98 Å². The van der Waals surface area contributed by atoms with Crippen LogP contribution in [0, 0.1) is 6.92 Å². The van der Waals surface area contributed by atoms with Crippen molar-refractivity contribution < 1.29 is 4.79 Å². The third kappa shape index (κ3) is 3.47. The molecule has 2 aromatic rings. The third-order valence-electron chi connectivity index (χ3n) is 2.47. The molecular formula is C13H9BrCl2N2O. The van der Waals surface area contributed by atoms with Crippen LogP contribution < -0.4 is 5.32 Å². The quantitative estimate of drug-likeness (QED) is 0.789. The number of amides is 1. The zero-order valence-electron chi connectivity index (χ0n) is 9.88. The van der Waals surface area contributed by atoms with Crippen LogP contribution in [0.15, 0.2) is 34.9 Å². The maximum absolute atomic E-state index is 12.0. The van der Waals surface area contributed by atoms with E-state index in [4.69, 9.17) is 23.2 Å². The molecule has 2 rings (SSSR count).